The molecule has 1 heterocycles. The van der Waals surface area contributed by atoms with Crippen LogP contribution in [0.4, 0.5) is 0 Å². The molecule has 0 fully saturated rings. The number of carbonyl (C=O) groups is 1. The van der Waals surface area contributed by atoms with Gasteiger partial charge < -0.3 is 9.52 Å². The number of hydrogen-bond donors (Lipinski definition) is 1. The van der Waals surface area contributed by atoms with Crippen molar-refractivity contribution in [3.63, 3.8) is 0 Å². The molecule has 0 radical (unpaired) electrons. The number of Topliss-reactive ketones (excluding diaryl/α,β-unsaturated/α-hetero) is 1. The summed E-state index contributed by atoms with van der Waals surface area (Å²) in [7, 11) is -0.640. The molecule has 0 saturated heterocycles. The third kappa shape index (κ3) is 3.74. The van der Waals surface area contributed by atoms with Crippen molar-refractivity contribution >= 4 is 38.7 Å². The number of aromatic nitrogens is 1. The third-order valence-corrected chi connectivity index (χ3v) is 6.27. The van der Waals surface area contributed by atoms with E-state index in [2.05, 4.69) is 4.98 Å². The highest BCUT2D eigenvalue weighted by Crippen LogP contribution is 2.26. The fourth-order valence-electron chi connectivity index (χ4n) is 2.18. The van der Waals surface area contributed by atoms with Gasteiger partial charge in [0.1, 0.15) is 11.3 Å². The van der Waals surface area contributed by atoms with E-state index in [-0.39, 0.29) is 27.4 Å². The number of hydrogen-bond acceptors (Lipinski definition) is 7. The maximum Gasteiger partial charge on any atom is 0.257 e. The van der Waals surface area contributed by atoms with Crippen molar-refractivity contribution in [2.75, 3.05) is 19.8 Å². The standard InChI is InChI=1S/C17H16N2O5S2/c1-19(2)26(22,23)13-7-8-16-14(9-13)18-17(24-16)25-10-15(21)11-3-5-12(20)6-4-11/h3-9,20H,10H2,1-2H3. The molecular weight excluding hydrogens is 376 g/mol. The third-order valence-electron chi connectivity index (χ3n) is 3.63. The summed E-state index contributed by atoms with van der Waals surface area (Å²) in [6, 6.07) is 10.4. The Morgan fingerprint density at radius 2 is 1.88 bits per heavy atom. The Hall–Kier alpha value is -2.36. The van der Waals surface area contributed by atoms with Crippen LogP contribution >= 0.6 is 11.8 Å². The number of carbonyl (C=O) groups excluding carboxylic acids is 1. The summed E-state index contributed by atoms with van der Waals surface area (Å²) >= 11 is 1.12. The number of ketones is 1. The van der Waals surface area contributed by atoms with Gasteiger partial charge in [-0.2, -0.15) is 0 Å². The van der Waals surface area contributed by atoms with Crippen LogP contribution in [0.15, 0.2) is 57.0 Å². The lowest BCUT2D eigenvalue weighted by molar-refractivity contribution is 0.102. The quantitative estimate of drug-likeness (QED) is 0.508. The van der Waals surface area contributed by atoms with Crippen molar-refractivity contribution in [2.45, 2.75) is 10.1 Å². The summed E-state index contributed by atoms with van der Waals surface area (Å²) in [4.78, 5) is 16.5. The van der Waals surface area contributed by atoms with E-state index < -0.39 is 10.0 Å². The lowest BCUT2D eigenvalue weighted by atomic mass is 10.1. The monoisotopic (exact) mass is 392 g/mol. The van der Waals surface area contributed by atoms with Crippen LogP contribution in [0.1, 0.15) is 10.4 Å². The lowest BCUT2D eigenvalue weighted by Crippen LogP contribution is -2.22. The molecule has 0 unspecified atom stereocenters. The van der Waals surface area contributed by atoms with E-state index in [0.29, 0.717) is 16.7 Å². The number of rotatable bonds is 6. The van der Waals surface area contributed by atoms with Gasteiger partial charge in [0, 0.05) is 19.7 Å². The van der Waals surface area contributed by atoms with Crippen molar-refractivity contribution in [3.8, 4) is 5.75 Å². The van der Waals surface area contributed by atoms with Gasteiger partial charge in [0.25, 0.3) is 5.22 Å². The van der Waals surface area contributed by atoms with Gasteiger partial charge in [-0.25, -0.2) is 17.7 Å². The number of phenols is 1. The van der Waals surface area contributed by atoms with Crippen LogP contribution in [0, 0.1) is 0 Å². The predicted molar refractivity (Wildman–Crippen MR) is 98.0 cm³/mol. The normalized spacial score (nSPS) is 12.0. The molecule has 1 aromatic heterocycles. The Morgan fingerprint density at radius 1 is 1.19 bits per heavy atom. The molecule has 3 rings (SSSR count). The Balaban J connectivity index is 1.77. The summed E-state index contributed by atoms with van der Waals surface area (Å²) < 4.78 is 31.0. The zero-order valence-corrected chi connectivity index (χ0v) is 15.7. The van der Waals surface area contributed by atoms with Crippen LogP contribution in [0.2, 0.25) is 0 Å². The molecule has 0 amide bonds. The van der Waals surface area contributed by atoms with Crippen molar-refractivity contribution in [2.24, 2.45) is 0 Å². The van der Waals surface area contributed by atoms with E-state index in [0.717, 1.165) is 16.1 Å². The number of phenolic OH excluding ortho intramolecular Hbond substituents is 1. The van der Waals surface area contributed by atoms with Gasteiger partial charge in [-0.3, -0.25) is 4.79 Å². The summed E-state index contributed by atoms with van der Waals surface area (Å²) in [5, 5.41) is 9.54. The lowest BCUT2D eigenvalue weighted by Gasteiger charge is -2.10. The highest BCUT2D eigenvalue weighted by Gasteiger charge is 2.19. The van der Waals surface area contributed by atoms with Crippen molar-refractivity contribution in [1.82, 2.24) is 9.29 Å². The predicted octanol–water partition coefficient (Wildman–Crippen LogP) is 2.76. The maximum absolute atomic E-state index is 12.2. The smallest absolute Gasteiger partial charge is 0.257 e. The summed E-state index contributed by atoms with van der Waals surface area (Å²) in [5.41, 5.74) is 1.33. The Labute approximate surface area is 154 Å². The first kappa shape index (κ1) is 18.4. The summed E-state index contributed by atoms with van der Waals surface area (Å²) in [5.74, 6) is 0.0743. The van der Waals surface area contributed by atoms with Gasteiger partial charge in [-0.05, 0) is 42.5 Å². The van der Waals surface area contributed by atoms with Gasteiger partial charge in [-0.15, -0.1) is 0 Å². The second-order valence-electron chi connectivity index (χ2n) is 5.66. The molecule has 1 N–H and O–H groups in total. The zero-order chi connectivity index (χ0) is 18.9. The Morgan fingerprint density at radius 3 is 2.54 bits per heavy atom. The highest BCUT2D eigenvalue weighted by molar-refractivity contribution is 7.99. The molecule has 26 heavy (non-hydrogen) atoms. The Kier molecular flexibility index (Phi) is 5.03. The molecule has 0 saturated carbocycles. The zero-order valence-electron chi connectivity index (χ0n) is 14.0. The first-order valence-electron chi connectivity index (χ1n) is 7.55. The van der Waals surface area contributed by atoms with E-state index in [1.807, 2.05) is 0 Å². The minimum Gasteiger partial charge on any atom is -0.508 e. The topological polar surface area (TPSA) is 101 Å². The van der Waals surface area contributed by atoms with E-state index in [9.17, 15) is 18.3 Å². The second-order valence-corrected chi connectivity index (χ2v) is 8.73. The molecule has 136 valence electrons. The van der Waals surface area contributed by atoms with E-state index in [1.165, 1.54) is 38.4 Å². The fourth-order valence-corrected chi connectivity index (χ4v) is 3.83. The minimum absolute atomic E-state index is 0.0941. The Bertz CT molecular complexity index is 1060. The SMILES string of the molecule is CN(C)S(=O)(=O)c1ccc2oc(SCC(=O)c3ccc(O)cc3)nc2c1. The van der Waals surface area contributed by atoms with Gasteiger partial charge in [-0.1, -0.05) is 11.8 Å². The van der Waals surface area contributed by atoms with Gasteiger partial charge in [0.2, 0.25) is 10.0 Å². The summed E-state index contributed by atoms with van der Waals surface area (Å²) in [6.07, 6.45) is 0. The van der Waals surface area contributed by atoms with Crippen molar-refractivity contribution < 1.29 is 22.7 Å². The largest absolute Gasteiger partial charge is 0.508 e. The van der Waals surface area contributed by atoms with Crippen LogP contribution in [0.3, 0.4) is 0 Å². The van der Waals surface area contributed by atoms with E-state index >= 15 is 0 Å². The number of oxazole rings is 1. The van der Waals surface area contributed by atoms with Gasteiger partial charge in [0.05, 0.1) is 10.6 Å². The molecule has 0 aliphatic heterocycles. The maximum atomic E-state index is 12.2. The van der Waals surface area contributed by atoms with Crippen LogP contribution in [0.25, 0.3) is 11.1 Å². The van der Waals surface area contributed by atoms with Crippen LogP contribution in [-0.2, 0) is 10.0 Å². The van der Waals surface area contributed by atoms with Gasteiger partial charge in [0.15, 0.2) is 11.4 Å². The molecule has 3 aromatic rings. The minimum atomic E-state index is -3.55. The number of benzene rings is 2. The molecule has 0 aliphatic carbocycles. The van der Waals surface area contributed by atoms with Crippen molar-refractivity contribution in [3.05, 3.63) is 48.0 Å². The van der Waals surface area contributed by atoms with Gasteiger partial charge >= 0.3 is 0 Å². The number of aromatic hydroxyl groups is 1. The highest BCUT2D eigenvalue weighted by atomic mass is 32.2. The number of sulfonamides is 1. The number of thioether (sulfide) groups is 1. The fraction of sp³-hybridized carbons (Fsp3) is 0.176. The van der Waals surface area contributed by atoms with Crippen LogP contribution < -0.4 is 0 Å². The van der Waals surface area contributed by atoms with Crippen LogP contribution in [0.5, 0.6) is 5.75 Å². The molecule has 0 atom stereocenters. The van der Waals surface area contributed by atoms with Crippen molar-refractivity contribution in [1.29, 1.82) is 0 Å². The molecule has 0 spiro atoms. The first-order valence-corrected chi connectivity index (χ1v) is 9.98. The second kappa shape index (κ2) is 7.10. The number of nitrogens with zero attached hydrogens (tertiary/aromatic N) is 2. The molecule has 9 heteroatoms. The average molecular weight is 392 g/mol. The molecule has 7 nitrogen and oxygen atoms in total. The molecule has 0 bridgehead atoms. The van der Waals surface area contributed by atoms with E-state index in [4.69, 9.17) is 4.42 Å². The number of fused-ring (bicyclic) bond motifs is 1. The molecule has 2 aromatic carbocycles. The average Bonchev–Trinajstić information content (AvgIpc) is 3.02. The van der Waals surface area contributed by atoms with Crippen LogP contribution in [-0.4, -0.2) is 48.4 Å². The molecule has 0 aliphatic rings. The van der Waals surface area contributed by atoms with E-state index in [1.54, 1.807) is 18.2 Å². The summed E-state index contributed by atoms with van der Waals surface area (Å²) in [6.45, 7) is 0. The molecular formula is C17H16N2O5S2. The first-order chi connectivity index (χ1) is 12.3.